The lowest BCUT2D eigenvalue weighted by molar-refractivity contribution is 0.0955. The topological polar surface area (TPSA) is 72.8 Å². The van der Waals surface area contributed by atoms with Crippen LogP contribution in [-0.4, -0.2) is 30.8 Å². The van der Waals surface area contributed by atoms with Crippen LogP contribution in [0.5, 0.6) is 11.5 Å². The number of halogens is 1. The Kier molecular flexibility index (Phi) is 6.10. The van der Waals surface area contributed by atoms with E-state index >= 15 is 0 Å². The molecule has 0 aliphatic carbocycles. The van der Waals surface area contributed by atoms with Crippen molar-refractivity contribution < 1.29 is 14.3 Å². The van der Waals surface area contributed by atoms with Gasteiger partial charge in [-0.3, -0.25) is 9.78 Å². The number of hydrazone groups is 1. The molecule has 1 N–H and O–H groups in total. The molecule has 0 aliphatic rings. The quantitative estimate of drug-likeness (QED) is 0.620. The number of ether oxygens (including phenoxy) is 2. The molecule has 2 rings (SSSR count). The summed E-state index contributed by atoms with van der Waals surface area (Å²) < 4.78 is 11.6. The van der Waals surface area contributed by atoms with Gasteiger partial charge in [-0.1, -0.05) is 0 Å². The van der Waals surface area contributed by atoms with E-state index in [4.69, 9.17) is 9.47 Å². The van der Waals surface area contributed by atoms with Crippen LogP contribution in [0.3, 0.4) is 0 Å². The second-order valence-electron chi connectivity index (χ2n) is 4.41. The van der Waals surface area contributed by atoms with E-state index in [0.29, 0.717) is 23.7 Å². The predicted molar refractivity (Wildman–Crippen MR) is 91.2 cm³/mol. The number of hydrogen-bond acceptors (Lipinski definition) is 5. The third kappa shape index (κ3) is 4.53. The lowest BCUT2D eigenvalue weighted by atomic mass is 10.2. The zero-order valence-corrected chi connectivity index (χ0v) is 14.3. The van der Waals surface area contributed by atoms with E-state index in [-0.39, 0.29) is 5.91 Å². The highest BCUT2D eigenvalue weighted by molar-refractivity contribution is 9.10. The van der Waals surface area contributed by atoms with E-state index in [1.807, 2.05) is 13.0 Å². The van der Waals surface area contributed by atoms with E-state index < -0.39 is 0 Å². The van der Waals surface area contributed by atoms with E-state index in [1.165, 1.54) is 12.4 Å². The molecule has 1 heterocycles. The maximum absolute atomic E-state index is 11.9. The van der Waals surface area contributed by atoms with Gasteiger partial charge in [0.2, 0.25) is 0 Å². The SMILES string of the molecule is CCOc1cc(C=NNC(=O)c2cccnc2)cc(Br)c1OC. The number of hydrogen-bond donors (Lipinski definition) is 1. The highest BCUT2D eigenvalue weighted by Crippen LogP contribution is 2.36. The molecule has 1 amide bonds. The molecule has 1 aromatic heterocycles. The van der Waals surface area contributed by atoms with Crippen LogP contribution in [0.2, 0.25) is 0 Å². The average molecular weight is 378 g/mol. The van der Waals surface area contributed by atoms with Crippen molar-refractivity contribution in [2.24, 2.45) is 5.10 Å². The molecule has 0 saturated carbocycles. The van der Waals surface area contributed by atoms with Crippen molar-refractivity contribution in [3.63, 3.8) is 0 Å². The molecule has 0 aliphatic heterocycles. The standard InChI is InChI=1S/C16H16BrN3O3/c1-3-23-14-8-11(7-13(17)15(14)22-2)9-19-20-16(21)12-5-4-6-18-10-12/h4-10H,3H2,1-2H3,(H,20,21). The van der Waals surface area contributed by atoms with E-state index in [1.54, 1.807) is 31.5 Å². The maximum atomic E-state index is 11.9. The van der Waals surface area contributed by atoms with Gasteiger partial charge in [-0.25, -0.2) is 5.43 Å². The van der Waals surface area contributed by atoms with Gasteiger partial charge in [-0.05, 0) is 52.7 Å². The Morgan fingerprint density at radius 2 is 2.30 bits per heavy atom. The van der Waals surface area contributed by atoms with Crippen LogP contribution >= 0.6 is 15.9 Å². The summed E-state index contributed by atoms with van der Waals surface area (Å²) in [6.45, 7) is 2.41. The number of carbonyl (C=O) groups is 1. The fraction of sp³-hybridized carbons (Fsp3) is 0.188. The molecule has 1 aromatic carbocycles. The van der Waals surface area contributed by atoms with Crippen LogP contribution < -0.4 is 14.9 Å². The summed E-state index contributed by atoms with van der Waals surface area (Å²) in [6.07, 6.45) is 4.60. The number of benzene rings is 1. The summed E-state index contributed by atoms with van der Waals surface area (Å²) in [6, 6.07) is 6.95. The average Bonchev–Trinajstić information content (AvgIpc) is 2.56. The molecule has 0 saturated heterocycles. The van der Waals surface area contributed by atoms with Crippen molar-refractivity contribution in [2.75, 3.05) is 13.7 Å². The van der Waals surface area contributed by atoms with E-state index in [0.717, 1.165) is 10.0 Å². The van der Waals surface area contributed by atoms with Gasteiger partial charge in [-0.15, -0.1) is 0 Å². The largest absolute Gasteiger partial charge is 0.492 e. The Bertz CT molecular complexity index is 705. The molecular weight excluding hydrogens is 362 g/mol. The number of methoxy groups -OCH3 is 1. The minimum Gasteiger partial charge on any atom is -0.492 e. The zero-order valence-electron chi connectivity index (χ0n) is 12.7. The Balaban J connectivity index is 2.12. The van der Waals surface area contributed by atoms with Gasteiger partial charge in [-0.2, -0.15) is 5.10 Å². The number of rotatable bonds is 6. The van der Waals surface area contributed by atoms with Gasteiger partial charge in [0.25, 0.3) is 5.91 Å². The van der Waals surface area contributed by atoms with E-state index in [2.05, 4.69) is 31.4 Å². The summed E-state index contributed by atoms with van der Waals surface area (Å²) in [5.74, 6) is 0.889. The Labute approximate surface area is 142 Å². The summed E-state index contributed by atoms with van der Waals surface area (Å²) in [7, 11) is 1.57. The third-order valence-corrected chi connectivity index (χ3v) is 3.43. The van der Waals surface area contributed by atoms with Crippen molar-refractivity contribution in [3.8, 4) is 11.5 Å². The lowest BCUT2D eigenvalue weighted by Crippen LogP contribution is -2.17. The molecule has 7 heteroatoms. The molecule has 6 nitrogen and oxygen atoms in total. The van der Waals surface area contributed by atoms with Crippen molar-refractivity contribution in [1.82, 2.24) is 10.4 Å². The molecule has 120 valence electrons. The number of amides is 1. The first-order valence-corrected chi connectivity index (χ1v) is 7.68. The predicted octanol–water partition coefficient (Wildman–Crippen LogP) is 3.02. The van der Waals surface area contributed by atoms with Crippen LogP contribution in [0.1, 0.15) is 22.8 Å². The Hall–Kier alpha value is -2.41. The van der Waals surface area contributed by atoms with Gasteiger partial charge in [0, 0.05) is 12.4 Å². The van der Waals surface area contributed by atoms with Crippen LogP contribution in [0.25, 0.3) is 0 Å². The monoisotopic (exact) mass is 377 g/mol. The zero-order chi connectivity index (χ0) is 16.7. The Morgan fingerprint density at radius 1 is 1.48 bits per heavy atom. The molecule has 0 spiro atoms. The molecule has 0 atom stereocenters. The lowest BCUT2D eigenvalue weighted by Gasteiger charge is -2.11. The van der Waals surface area contributed by atoms with Crippen molar-refractivity contribution >= 4 is 28.1 Å². The number of carbonyl (C=O) groups excluding carboxylic acids is 1. The summed E-state index contributed by atoms with van der Waals surface area (Å²) >= 11 is 3.42. The molecule has 0 radical (unpaired) electrons. The van der Waals surface area contributed by atoms with Crippen molar-refractivity contribution in [1.29, 1.82) is 0 Å². The summed E-state index contributed by atoms with van der Waals surface area (Å²) in [4.78, 5) is 15.7. The molecule has 0 unspecified atom stereocenters. The van der Waals surface area contributed by atoms with Crippen molar-refractivity contribution in [2.45, 2.75) is 6.92 Å². The first kappa shape index (κ1) is 17.0. The Morgan fingerprint density at radius 3 is 2.96 bits per heavy atom. The van der Waals surface area contributed by atoms with Gasteiger partial charge in [0.1, 0.15) is 0 Å². The molecular formula is C16H16BrN3O3. The number of pyridine rings is 1. The minimum absolute atomic E-state index is 0.327. The van der Waals surface area contributed by atoms with Gasteiger partial charge in [0.15, 0.2) is 11.5 Å². The van der Waals surface area contributed by atoms with Crippen LogP contribution in [-0.2, 0) is 0 Å². The van der Waals surface area contributed by atoms with Crippen LogP contribution in [0.4, 0.5) is 0 Å². The van der Waals surface area contributed by atoms with Gasteiger partial charge >= 0.3 is 0 Å². The number of nitrogens with zero attached hydrogens (tertiary/aromatic N) is 2. The van der Waals surface area contributed by atoms with Crippen LogP contribution in [0.15, 0.2) is 46.2 Å². The number of aromatic nitrogens is 1. The number of nitrogens with one attached hydrogen (secondary N) is 1. The normalized spacial score (nSPS) is 10.6. The highest BCUT2D eigenvalue weighted by Gasteiger charge is 2.10. The second kappa shape index (κ2) is 8.28. The third-order valence-electron chi connectivity index (χ3n) is 2.84. The molecule has 23 heavy (non-hydrogen) atoms. The molecule has 0 fully saturated rings. The molecule has 0 bridgehead atoms. The fourth-order valence-electron chi connectivity index (χ4n) is 1.85. The first-order valence-electron chi connectivity index (χ1n) is 6.89. The van der Waals surface area contributed by atoms with Crippen LogP contribution in [0, 0.1) is 0 Å². The summed E-state index contributed by atoms with van der Waals surface area (Å²) in [5.41, 5.74) is 3.65. The van der Waals surface area contributed by atoms with E-state index in [9.17, 15) is 4.79 Å². The van der Waals surface area contributed by atoms with Gasteiger partial charge in [0.05, 0.1) is 30.0 Å². The smallest absolute Gasteiger partial charge is 0.272 e. The fourth-order valence-corrected chi connectivity index (χ4v) is 2.47. The summed E-state index contributed by atoms with van der Waals surface area (Å²) in [5, 5.41) is 3.95. The highest BCUT2D eigenvalue weighted by atomic mass is 79.9. The van der Waals surface area contributed by atoms with Gasteiger partial charge < -0.3 is 9.47 Å². The molecule has 2 aromatic rings. The minimum atomic E-state index is -0.327. The second-order valence-corrected chi connectivity index (χ2v) is 5.26. The van der Waals surface area contributed by atoms with Crippen molar-refractivity contribution in [3.05, 3.63) is 52.3 Å². The first-order chi connectivity index (χ1) is 11.2. The maximum Gasteiger partial charge on any atom is 0.272 e.